The molecule has 1 rings (SSSR count). The highest BCUT2D eigenvalue weighted by Crippen LogP contribution is 2.23. The van der Waals surface area contributed by atoms with E-state index in [-0.39, 0.29) is 0 Å². The lowest BCUT2D eigenvalue weighted by atomic mass is 10.2. The molecule has 0 aromatic carbocycles. The summed E-state index contributed by atoms with van der Waals surface area (Å²) < 4.78 is 0. The van der Waals surface area contributed by atoms with Crippen LogP contribution in [0.1, 0.15) is 0 Å². The predicted molar refractivity (Wildman–Crippen MR) is 48.2 cm³/mol. The van der Waals surface area contributed by atoms with Gasteiger partial charge >= 0.3 is 0 Å². The minimum atomic E-state index is -0.522. The van der Waals surface area contributed by atoms with Crippen molar-refractivity contribution >= 4 is 23.2 Å². The molecular weight excluding hydrogens is 197 g/mol. The average molecular weight is 204 g/mol. The average Bonchev–Trinajstić information content (AvgIpc) is 2.03. The Labute approximate surface area is 80.6 Å². The Kier molecular flexibility index (Phi) is 2.99. The van der Waals surface area contributed by atoms with Crippen molar-refractivity contribution in [3.8, 4) is 6.19 Å². The number of nitrogens with two attached hydrogens (primary N) is 1. The molecule has 1 atom stereocenters. The summed E-state index contributed by atoms with van der Waals surface area (Å²) in [5.41, 5.74) is 5.70. The van der Waals surface area contributed by atoms with Crippen LogP contribution in [0.3, 0.4) is 0 Å². The van der Waals surface area contributed by atoms with E-state index in [0.717, 1.165) is 5.57 Å². The Balaban J connectivity index is 2.90. The number of nitriles is 1. The lowest BCUT2D eigenvalue weighted by Gasteiger charge is -2.22. The van der Waals surface area contributed by atoms with E-state index < -0.39 is 5.50 Å². The van der Waals surface area contributed by atoms with Crippen LogP contribution in [0.2, 0.25) is 0 Å². The highest BCUT2D eigenvalue weighted by molar-refractivity contribution is 6.31. The molecule has 12 heavy (non-hydrogen) atoms. The van der Waals surface area contributed by atoms with Crippen LogP contribution in [0.4, 0.5) is 0 Å². The molecule has 0 radical (unpaired) electrons. The van der Waals surface area contributed by atoms with E-state index in [0.29, 0.717) is 11.7 Å². The van der Waals surface area contributed by atoms with Crippen molar-refractivity contribution in [2.24, 2.45) is 5.73 Å². The molecule has 2 N–H and O–H groups in total. The van der Waals surface area contributed by atoms with Gasteiger partial charge in [-0.05, 0) is 17.7 Å². The second-order valence-corrected chi connectivity index (χ2v) is 3.09. The third-order valence-corrected chi connectivity index (χ3v) is 2.09. The zero-order valence-electron chi connectivity index (χ0n) is 6.17. The van der Waals surface area contributed by atoms with Gasteiger partial charge in [-0.15, -0.1) is 0 Å². The Morgan fingerprint density at radius 2 is 2.42 bits per heavy atom. The molecule has 1 heterocycles. The van der Waals surface area contributed by atoms with Gasteiger partial charge in [0.05, 0.1) is 0 Å². The first-order valence-electron chi connectivity index (χ1n) is 3.30. The smallest absolute Gasteiger partial charge is 0.186 e. The van der Waals surface area contributed by atoms with Crippen LogP contribution in [0.5, 0.6) is 0 Å². The topological polar surface area (TPSA) is 53.0 Å². The Morgan fingerprint density at radius 1 is 1.75 bits per heavy atom. The van der Waals surface area contributed by atoms with Crippen LogP contribution >= 0.6 is 23.2 Å². The molecule has 64 valence electrons. The number of rotatable bonds is 1. The maximum atomic E-state index is 8.60. The summed E-state index contributed by atoms with van der Waals surface area (Å²) in [6.07, 6.45) is 5.18. The maximum Gasteiger partial charge on any atom is 0.186 e. The Bertz CT molecular complexity index is 277. The number of hydrogen-bond acceptors (Lipinski definition) is 3. The summed E-state index contributed by atoms with van der Waals surface area (Å²) >= 11 is 11.5. The molecule has 0 bridgehead atoms. The molecule has 0 amide bonds. The lowest BCUT2D eigenvalue weighted by Crippen LogP contribution is -2.26. The summed E-state index contributed by atoms with van der Waals surface area (Å²) in [4.78, 5) is 1.20. The van der Waals surface area contributed by atoms with Gasteiger partial charge in [-0.25, -0.2) is 4.90 Å². The number of halogens is 2. The van der Waals surface area contributed by atoms with Crippen LogP contribution in [0.25, 0.3) is 0 Å². The Hall–Kier alpha value is -0.690. The fourth-order valence-corrected chi connectivity index (χ4v) is 1.51. The number of alkyl halides is 1. The van der Waals surface area contributed by atoms with Gasteiger partial charge in [0.15, 0.2) is 6.19 Å². The zero-order valence-corrected chi connectivity index (χ0v) is 7.68. The monoisotopic (exact) mass is 203 g/mol. The van der Waals surface area contributed by atoms with Gasteiger partial charge in [0.2, 0.25) is 0 Å². The molecular formula is C7H7Cl2N3. The van der Waals surface area contributed by atoms with Crippen molar-refractivity contribution in [2.75, 3.05) is 6.54 Å². The fourth-order valence-electron chi connectivity index (χ4n) is 0.870. The quantitative estimate of drug-likeness (QED) is 0.398. The number of hydrogen-bond donors (Lipinski definition) is 1. The van der Waals surface area contributed by atoms with Gasteiger partial charge in [-0.2, -0.15) is 5.26 Å². The molecule has 0 aromatic rings. The van der Waals surface area contributed by atoms with Crippen LogP contribution in [-0.4, -0.2) is 16.9 Å². The van der Waals surface area contributed by atoms with Crippen LogP contribution in [0.15, 0.2) is 22.9 Å². The summed E-state index contributed by atoms with van der Waals surface area (Å²) in [7, 11) is 0. The van der Waals surface area contributed by atoms with Crippen LogP contribution < -0.4 is 5.73 Å². The van der Waals surface area contributed by atoms with Crippen molar-refractivity contribution in [3.05, 3.63) is 22.9 Å². The Morgan fingerprint density at radius 3 is 2.83 bits per heavy atom. The first kappa shape index (κ1) is 9.40. The van der Waals surface area contributed by atoms with Crippen molar-refractivity contribution in [1.82, 2.24) is 4.90 Å². The predicted octanol–water partition coefficient (Wildman–Crippen LogP) is 1.31. The second-order valence-electron chi connectivity index (χ2n) is 2.26. The normalized spacial score (nSPS) is 22.8. The van der Waals surface area contributed by atoms with E-state index in [2.05, 4.69) is 0 Å². The van der Waals surface area contributed by atoms with E-state index in [9.17, 15) is 0 Å². The van der Waals surface area contributed by atoms with Crippen molar-refractivity contribution in [1.29, 1.82) is 5.26 Å². The maximum absolute atomic E-state index is 8.60. The standard InChI is InChI=1S/C7H7Cl2N3/c8-6-1-5(3-10)2-7(9)12(6)4-11/h1-2,6H,3,10H2. The van der Waals surface area contributed by atoms with Gasteiger partial charge in [0.1, 0.15) is 10.7 Å². The van der Waals surface area contributed by atoms with Gasteiger partial charge in [0.25, 0.3) is 0 Å². The minimum Gasteiger partial charge on any atom is -0.327 e. The van der Waals surface area contributed by atoms with Gasteiger partial charge in [0, 0.05) is 6.54 Å². The first-order valence-corrected chi connectivity index (χ1v) is 4.11. The lowest BCUT2D eigenvalue weighted by molar-refractivity contribution is 0.519. The molecule has 3 nitrogen and oxygen atoms in total. The summed E-state index contributed by atoms with van der Waals surface area (Å²) in [5, 5.41) is 8.90. The van der Waals surface area contributed by atoms with Crippen LogP contribution in [-0.2, 0) is 0 Å². The van der Waals surface area contributed by atoms with Crippen molar-refractivity contribution in [2.45, 2.75) is 5.50 Å². The zero-order chi connectivity index (χ0) is 9.14. The summed E-state index contributed by atoms with van der Waals surface area (Å²) in [6.45, 7) is 0.374. The van der Waals surface area contributed by atoms with E-state index in [1.165, 1.54) is 4.90 Å². The molecule has 1 aliphatic heterocycles. The highest BCUT2D eigenvalue weighted by Gasteiger charge is 2.19. The fraction of sp³-hybridized carbons (Fsp3) is 0.286. The van der Waals surface area contributed by atoms with E-state index in [1.54, 1.807) is 12.2 Å². The van der Waals surface area contributed by atoms with Crippen molar-refractivity contribution < 1.29 is 0 Å². The molecule has 0 saturated heterocycles. The first-order chi connectivity index (χ1) is 5.69. The SMILES string of the molecule is N#CN1C(Cl)=CC(CN)=CC1Cl. The van der Waals surface area contributed by atoms with Gasteiger partial charge in [-0.1, -0.05) is 23.2 Å². The third kappa shape index (κ3) is 1.72. The highest BCUT2D eigenvalue weighted by atomic mass is 35.5. The third-order valence-electron chi connectivity index (χ3n) is 1.48. The molecule has 5 heteroatoms. The molecule has 1 unspecified atom stereocenters. The van der Waals surface area contributed by atoms with Gasteiger partial charge in [-0.3, -0.25) is 0 Å². The molecule has 0 spiro atoms. The minimum absolute atomic E-state index is 0.306. The van der Waals surface area contributed by atoms with Gasteiger partial charge < -0.3 is 5.73 Å². The largest absolute Gasteiger partial charge is 0.327 e. The second kappa shape index (κ2) is 3.81. The van der Waals surface area contributed by atoms with Crippen LogP contribution in [0, 0.1) is 11.5 Å². The van der Waals surface area contributed by atoms with Crippen molar-refractivity contribution in [3.63, 3.8) is 0 Å². The molecule has 0 aromatic heterocycles. The molecule has 0 aliphatic carbocycles. The van der Waals surface area contributed by atoms with E-state index in [1.807, 2.05) is 6.19 Å². The molecule has 0 saturated carbocycles. The summed E-state index contributed by atoms with van der Waals surface area (Å²) in [5.74, 6) is 0. The van der Waals surface area contributed by atoms with E-state index >= 15 is 0 Å². The summed E-state index contributed by atoms with van der Waals surface area (Å²) in [6, 6.07) is 0. The molecule has 0 fully saturated rings. The van der Waals surface area contributed by atoms with E-state index in [4.69, 9.17) is 34.2 Å². The molecule has 1 aliphatic rings. The number of nitrogens with zero attached hydrogens (tertiary/aromatic N) is 2.